The Labute approximate surface area is 131 Å². The molecular formula is C16H22ClN3O. The van der Waals surface area contributed by atoms with Crippen LogP contribution in [0.25, 0.3) is 0 Å². The molecule has 0 unspecified atom stereocenters. The van der Waals surface area contributed by atoms with Crippen molar-refractivity contribution in [3.63, 3.8) is 0 Å². The van der Waals surface area contributed by atoms with E-state index in [2.05, 4.69) is 11.9 Å². The fourth-order valence-corrected chi connectivity index (χ4v) is 2.65. The summed E-state index contributed by atoms with van der Waals surface area (Å²) in [7, 11) is 1.98. The maximum Gasteiger partial charge on any atom is 0.349 e. The van der Waals surface area contributed by atoms with Gasteiger partial charge in [-0.15, -0.1) is 0 Å². The molecule has 2 amide bonds. The number of amidine groups is 1. The van der Waals surface area contributed by atoms with Crippen LogP contribution in [0, 0.1) is 0 Å². The summed E-state index contributed by atoms with van der Waals surface area (Å²) < 4.78 is 0. The highest BCUT2D eigenvalue weighted by Gasteiger charge is 2.21. The van der Waals surface area contributed by atoms with Gasteiger partial charge in [-0.1, -0.05) is 37.1 Å². The molecule has 1 aromatic carbocycles. The van der Waals surface area contributed by atoms with Crippen LogP contribution in [-0.2, 0) is 0 Å². The number of carbonyl (C=O) groups excluding carboxylic acids is 1. The monoisotopic (exact) mass is 307 g/mol. The number of nitrogens with zero attached hydrogens (tertiary/aromatic N) is 3. The average Bonchev–Trinajstić information content (AvgIpc) is 2.86. The Kier molecular flexibility index (Phi) is 5.62. The molecular weight excluding hydrogens is 286 g/mol. The molecule has 0 aliphatic carbocycles. The van der Waals surface area contributed by atoms with E-state index in [0.29, 0.717) is 11.6 Å². The molecule has 1 aliphatic heterocycles. The summed E-state index contributed by atoms with van der Waals surface area (Å²) in [6.07, 6.45) is 3.87. The van der Waals surface area contributed by atoms with Crippen molar-refractivity contribution < 1.29 is 4.79 Å². The van der Waals surface area contributed by atoms with Crippen molar-refractivity contribution in [1.29, 1.82) is 0 Å². The van der Waals surface area contributed by atoms with E-state index >= 15 is 0 Å². The summed E-state index contributed by atoms with van der Waals surface area (Å²) >= 11 is 6.23. The SMILES string of the molecule is CCCCN(C(=O)/N=C1/CCCN1C)c1ccccc1Cl. The summed E-state index contributed by atoms with van der Waals surface area (Å²) in [5.41, 5.74) is 0.739. The summed E-state index contributed by atoms with van der Waals surface area (Å²) in [4.78, 5) is 20.6. The van der Waals surface area contributed by atoms with E-state index in [1.54, 1.807) is 11.0 Å². The highest BCUT2D eigenvalue weighted by Crippen LogP contribution is 2.26. The molecule has 114 valence electrons. The van der Waals surface area contributed by atoms with Gasteiger partial charge < -0.3 is 4.90 Å². The molecule has 1 aliphatic rings. The molecule has 0 aromatic heterocycles. The van der Waals surface area contributed by atoms with Gasteiger partial charge in [-0.2, -0.15) is 4.99 Å². The quantitative estimate of drug-likeness (QED) is 0.836. The second kappa shape index (κ2) is 7.46. The highest BCUT2D eigenvalue weighted by atomic mass is 35.5. The number of hydrogen-bond donors (Lipinski definition) is 0. The number of anilines is 1. The number of para-hydroxylation sites is 1. The van der Waals surface area contributed by atoms with Crippen molar-refractivity contribution in [2.75, 3.05) is 25.0 Å². The first-order chi connectivity index (χ1) is 10.1. The van der Waals surface area contributed by atoms with Gasteiger partial charge in [0.1, 0.15) is 5.84 Å². The maximum atomic E-state index is 12.6. The zero-order chi connectivity index (χ0) is 15.2. The van der Waals surface area contributed by atoms with Gasteiger partial charge in [-0.25, -0.2) is 4.79 Å². The van der Waals surface area contributed by atoms with Gasteiger partial charge in [0.25, 0.3) is 0 Å². The van der Waals surface area contributed by atoms with Gasteiger partial charge in [0.2, 0.25) is 0 Å². The van der Waals surface area contributed by atoms with Crippen molar-refractivity contribution >= 4 is 29.2 Å². The lowest BCUT2D eigenvalue weighted by molar-refractivity contribution is 0.254. The first-order valence-corrected chi connectivity index (χ1v) is 7.86. The Hall–Kier alpha value is -1.55. The van der Waals surface area contributed by atoms with Crippen LogP contribution in [0.5, 0.6) is 0 Å². The molecule has 1 heterocycles. The lowest BCUT2D eigenvalue weighted by Crippen LogP contribution is -2.31. The largest absolute Gasteiger partial charge is 0.363 e. The minimum Gasteiger partial charge on any atom is -0.363 e. The third-order valence-electron chi connectivity index (χ3n) is 3.67. The predicted molar refractivity (Wildman–Crippen MR) is 88.4 cm³/mol. The second-order valence-electron chi connectivity index (χ2n) is 5.29. The molecule has 0 saturated carbocycles. The lowest BCUT2D eigenvalue weighted by Gasteiger charge is -2.22. The van der Waals surface area contributed by atoms with E-state index in [1.807, 2.05) is 30.1 Å². The van der Waals surface area contributed by atoms with Crippen LogP contribution in [0.15, 0.2) is 29.3 Å². The number of rotatable bonds is 4. The summed E-state index contributed by atoms with van der Waals surface area (Å²) in [5, 5.41) is 0.585. The Bertz CT molecular complexity index is 530. The number of likely N-dealkylation sites (tertiary alicyclic amines) is 1. The Morgan fingerprint density at radius 2 is 2.19 bits per heavy atom. The predicted octanol–water partition coefficient (Wildman–Crippen LogP) is 4.19. The molecule has 1 saturated heterocycles. The van der Waals surface area contributed by atoms with Crippen LogP contribution in [0.3, 0.4) is 0 Å². The molecule has 0 bridgehead atoms. The number of unbranched alkanes of at least 4 members (excludes halogenated alkanes) is 1. The standard InChI is InChI=1S/C16H22ClN3O/c1-3-4-12-20(14-9-6-5-8-13(14)17)16(21)18-15-10-7-11-19(15)2/h5-6,8-9H,3-4,7,10-12H2,1-2H3/b18-15-. The van der Waals surface area contributed by atoms with Gasteiger partial charge >= 0.3 is 6.03 Å². The van der Waals surface area contributed by atoms with Gasteiger partial charge in [0.05, 0.1) is 10.7 Å². The van der Waals surface area contributed by atoms with E-state index in [-0.39, 0.29) is 6.03 Å². The molecule has 0 atom stereocenters. The van der Waals surface area contributed by atoms with E-state index in [1.165, 1.54) is 0 Å². The first kappa shape index (κ1) is 15.8. The molecule has 0 spiro atoms. The number of carbonyl (C=O) groups is 1. The maximum absolute atomic E-state index is 12.6. The van der Waals surface area contributed by atoms with E-state index in [4.69, 9.17) is 11.6 Å². The van der Waals surface area contributed by atoms with Crippen LogP contribution in [-0.4, -0.2) is 36.9 Å². The molecule has 0 radical (unpaired) electrons. The molecule has 0 N–H and O–H groups in total. The van der Waals surface area contributed by atoms with Crippen molar-refractivity contribution in [1.82, 2.24) is 4.90 Å². The minimum absolute atomic E-state index is 0.222. The van der Waals surface area contributed by atoms with Gasteiger partial charge in [0, 0.05) is 26.6 Å². The van der Waals surface area contributed by atoms with E-state index in [9.17, 15) is 4.79 Å². The molecule has 4 nitrogen and oxygen atoms in total. The Balaban J connectivity index is 2.23. The minimum atomic E-state index is -0.222. The Morgan fingerprint density at radius 3 is 2.81 bits per heavy atom. The van der Waals surface area contributed by atoms with Crippen molar-refractivity contribution in [2.24, 2.45) is 4.99 Å². The van der Waals surface area contributed by atoms with E-state index < -0.39 is 0 Å². The number of aliphatic imine (C=N–C) groups is 1. The van der Waals surface area contributed by atoms with E-state index in [0.717, 1.165) is 43.8 Å². The molecule has 2 rings (SSSR count). The van der Waals surface area contributed by atoms with Crippen LogP contribution < -0.4 is 4.90 Å². The van der Waals surface area contributed by atoms with Crippen LogP contribution in [0.4, 0.5) is 10.5 Å². The van der Waals surface area contributed by atoms with Gasteiger partial charge in [0.15, 0.2) is 0 Å². The average molecular weight is 308 g/mol. The second-order valence-corrected chi connectivity index (χ2v) is 5.70. The normalized spacial score (nSPS) is 16.5. The van der Waals surface area contributed by atoms with Crippen molar-refractivity contribution in [3.05, 3.63) is 29.3 Å². The fraction of sp³-hybridized carbons (Fsp3) is 0.500. The van der Waals surface area contributed by atoms with Crippen LogP contribution in [0.1, 0.15) is 32.6 Å². The molecule has 21 heavy (non-hydrogen) atoms. The molecule has 1 aromatic rings. The summed E-state index contributed by atoms with van der Waals surface area (Å²) in [6, 6.07) is 7.21. The number of amides is 2. The van der Waals surface area contributed by atoms with Gasteiger partial charge in [-0.3, -0.25) is 4.90 Å². The van der Waals surface area contributed by atoms with Crippen LogP contribution >= 0.6 is 11.6 Å². The van der Waals surface area contributed by atoms with Crippen molar-refractivity contribution in [3.8, 4) is 0 Å². The highest BCUT2D eigenvalue weighted by molar-refractivity contribution is 6.33. The number of hydrogen-bond acceptors (Lipinski definition) is 1. The molecule has 1 fully saturated rings. The molecule has 5 heteroatoms. The number of benzene rings is 1. The fourth-order valence-electron chi connectivity index (χ4n) is 2.41. The van der Waals surface area contributed by atoms with Gasteiger partial charge in [-0.05, 0) is 25.0 Å². The topological polar surface area (TPSA) is 35.9 Å². The zero-order valence-corrected chi connectivity index (χ0v) is 13.4. The number of urea groups is 1. The smallest absolute Gasteiger partial charge is 0.349 e. The first-order valence-electron chi connectivity index (χ1n) is 7.48. The van der Waals surface area contributed by atoms with Crippen molar-refractivity contribution in [2.45, 2.75) is 32.6 Å². The number of halogens is 1. The Morgan fingerprint density at radius 1 is 1.43 bits per heavy atom. The lowest BCUT2D eigenvalue weighted by atomic mass is 10.2. The summed E-state index contributed by atoms with van der Waals surface area (Å²) in [5.74, 6) is 0.869. The zero-order valence-electron chi connectivity index (χ0n) is 12.7. The summed E-state index contributed by atoms with van der Waals surface area (Å²) in [6.45, 7) is 3.71. The third-order valence-corrected chi connectivity index (χ3v) is 3.99. The van der Waals surface area contributed by atoms with Crippen LogP contribution in [0.2, 0.25) is 5.02 Å². The third kappa shape index (κ3) is 3.97.